The molecule has 2 N–H and O–H groups in total. The average Bonchev–Trinajstić information content (AvgIpc) is 2.84. The van der Waals surface area contributed by atoms with Crippen molar-refractivity contribution in [3.8, 4) is 0 Å². The smallest absolute Gasteiger partial charge is 0.221 e. The van der Waals surface area contributed by atoms with Gasteiger partial charge in [-0.2, -0.15) is 5.10 Å². The van der Waals surface area contributed by atoms with Gasteiger partial charge in [0, 0.05) is 33.2 Å². The van der Waals surface area contributed by atoms with E-state index in [9.17, 15) is 4.79 Å². The van der Waals surface area contributed by atoms with Crippen LogP contribution in [-0.2, 0) is 16.1 Å². The molecule has 1 amide bonds. The highest BCUT2D eigenvalue weighted by Gasteiger charge is 2.00. The van der Waals surface area contributed by atoms with E-state index in [1.165, 1.54) is 6.33 Å². The Hall–Kier alpha value is -1.47. The van der Waals surface area contributed by atoms with Gasteiger partial charge in [-0.3, -0.25) is 9.48 Å². The molecule has 0 spiro atoms. The summed E-state index contributed by atoms with van der Waals surface area (Å²) in [7, 11) is 1.66. The second-order valence-electron chi connectivity index (χ2n) is 3.50. The van der Waals surface area contributed by atoms with E-state index in [1.54, 1.807) is 18.1 Å². The van der Waals surface area contributed by atoms with Crippen molar-refractivity contribution in [3.63, 3.8) is 0 Å². The molecule has 0 saturated carbocycles. The lowest BCUT2D eigenvalue weighted by atomic mass is 10.4. The van der Waals surface area contributed by atoms with Crippen LogP contribution in [0.4, 0.5) is 0 Å². The molecule has 1 aromatic heterocycles. The molecule has 0 unspecified atom stereocenters. The van der Waals surface area contributed by atoms with Gasteiger partial charge in [0.2, 0.25) is 5.91 Å². The number of hydrogen-bond acceptors (Lipinski definition) is 5. The molecular weight excluding hydrogens is 222 g/mol. The number of carbonyl (C=O) groups excluding carboxylic acids is 1. The number of nitrogens with one attached hydrogen (secondary N) is 2. The van der Waals surface area contributed by atoms with Gasteiger partial charge >= 0.3 is 0 Å². The van der Waals surface area contributed by atoms with Crippen molar-refractivity contribution >= 4 is 5.91 Å². The topological polar surface area (TPSA) is 81.1 Å². The molecule has 96 valence electrons. The fourth-order valence-corrected chi connectivity index (χ4v) is 1.24. The maximum Gasteiger partial charge on any atom is 0.221 e. The fourth-order valence-electron chi connectivity index (χ4n) is 1.24. The minimum Gasteiger partial charge on any atom is -0.383 e. The van der Waals surface area contributed by atoms with Crippen molar-refractivity contribution in [3.05, 3.63) is 12.7 Å². The number of hydrogen-bond donors (Lipinski definition) is 2. The summed E-state index contributed by atoms with van der Waals surface area (Å²) in [5.74, 6) is 0.0223. The van der Waals surface area contributed by atoms with E-state index in [2.05, 4.69) is 20.7 Å². The van der Waals surface area contributed by atoms with Gasteiger partial charge in [0.25, 0.3) is 0 Å². The zero-order valence-corrected chi connectivity index (χ0v) is 10.1. The summed E-state index contributed by atoms with van der Waals surface area (Å²) in [5.41, 5.74) is 0. The molecule has 17 heavy (non-hydrogen) atoms. The first-order valence-corrected chi connectivity index (χ1v) is 5.61. The normalized spacial score (nSPS) is 10.4. The minimum atomic E-state index is 0.0223. The molecule has 0 radical (unpaired) electrons. The summed E-state index contributed by atoms with van der Waals surface area (Å²) >= 11 is 0. The Kier molecular flexibility index (Phi) is 6.92. The van der Waals surface area contributed by atoms with Crippen molar-refractivity contribution in [2.45, 2.75) is 13.0 Å². The lowest BCUT2D eigenvalue weighted by Crippen LogP contribution is -2.33. The van der Waals surface area contributed by atoms with Crippen molar-refractivity contribution < 1.29 is 9.53 Å². The van der Waals surface area contributed by atoms with Crippen LogP contribution < -0.4 is 10.6 Å². The molecule has 0 aliphatic carbocycles. The lowest BCUT2D eigenvalue weighted by molar-refractivity contribution is -0.121. The summed E-state index contributed by atoms with van der Waals surface area (Å²) in [4.78, 5) is 15.2. The SMILES string of the molecule is COCCNCCNC(=O)CCn1cncn1. The van der Waals surface area contributed by atoms with Crippen LogP contribution >= 0.6 is 0 Å². The van der Waals surface area contributed by atoms with Gasteiger partial charge in [0.1, 0.15) is 12.7 Å². The monoisotopic (exact) mass is 241 g/mol. The second kappa shape index (κ2) is 8.66. The van der Waals surface area contributed by atoms with E-state index in [-0.39, 0.29) is 5.91 Å². The number of aromatic nitrogens is 3. The molecule has 1 aromatic rings. The predicted octanol–water partition coefficient (Wildman–Crippen LogP) is -0.980. The summed E-state index contributed by atoms with van der Waals surface area (Å²) in [6, 6.07) is 0. The lowest BCUT2D eigenvalue weighted by Gasteiger charge is -2.06. The first kappa shape index (κ1) is 13.6. The maximum atomic E-state index is 11.4. The average molecular weight is 241 g/mol. The number of carbonyl (C=O) groups is 1. The molecule has 0 aliphatic heterocycles. The Morgan fingerprint density at radius 3 is 3.00 bits per heavy atom. The molecule has 0 atom stereocenters. The largest absolute Gasteiger partial charge is 0.383 e. The first-order valence-electron chi connectivity index (χ1n) is 5.61. The Bertz CT molecular complexity index is 302. The highest BCUT2D eigenvalue weighted by Crippen LogP contribution is 1.86. The van der Waals surface area contributed by atoms with Gasteiger partial charge in [-0.1, -0.05) is 0 Å². The van der Waals surface area contributed by atoms with Crippen LogP contribution in [0.1, 0.15) is 6.42 Å². The van der Waals surface area contributed by atoms with E-state index in [4.69, 9.17) is 4.74 Å². The molecule has 0 aromatic carbocycles. The van der Waals surface area contributed by atoms with Gasteiger partial charge in [-0.15, -0.1) is 0 Å². The Morgan fingerprint density at radius 1 is 1.41 bits per heavy atom. The third-order valence-electron chi connectivity index (χ3n) is 2.14. The number of nitrogens with zero attached hydrogens (tertiary/aromatic N) is 3. The zero-order chi connectivity index (χ0) is 12.3. The molecular formula is C10H19N5O2. The van der Waals surface area contributed by atoms with E-state index >= 15 is 0 Å². The second-order valence-corrected chi connectivity index (χ2v) is 3.50. The number of aryl methyl sites for hydroxylation is 1. The van der Waals surface area contributed by atoms with Gasteiger partial charge in [-0.25, -0.2) is 4.98 Å². The van der Waals surface area contributed by atoms with E-state index in [0.717, 1.165) is 13.1 Å². The Balaban J connectivity index is 1.94. The third kappa shape index (κ3) is 6.64. The molecule has 7 heteroatoms. The predicted molar refractivity (Wildman–Crippen MR) is 62.4 cm³/mol. The number of amides is 1. The molecule has 0 bridgehead atoms. The van der Waals surface area contributed by atoms with Crippen molar-refractivity contribution in [1.82, 2.24) is 25.4 Å². The van der Waals surface area contributed by atoms with Gasteiger partial charge < -0.3 is 15.4 Å². The molecule has 1 rings (SSSR count). The van der Waals surface area contributed by atoms with Crippen LogP contribution in [0.5, 0.6) is 0 Å². The highest BCUT2D eigenvalue weighted by atomic mass is 16.5. The maximum absolute atomic E-state index is 11.4. The van der Waals surface area contributed by atoms with E-state index in [0.29, 0.717) is 26.1 Å². The minimum absolute atomic E-state index is 0.0223. The number of ether oxygens (including phenoxy) is 1. The molecule has 7 nitrogen and oxygen atoms in total. The van der Waals surface area contributed by atoms with Crippen molar-refractivity contribution in [1.29, 1.82) is 0 Å². The highest BCUT2D eigenvalue weighted by molar-refractivity contribution is 5.75. The van der Waals surface area contributed by atoms with Gasteiger partial charge in [-0.05, 0) is 0 Å². The molecule has 0 aliphatic rings. The molecule has 0 fully saturated rings. The van der Waals surface area contributed by atoms with E-state index < -0.39 is 0 Å². The third-order valence-corrected chi connectivity index (χ3v) is 2.14. The zero-order valence-electron chi connectivity index (χ0n) is 10.1. The van der Waals surface area contributed by atoms with Crippen LogP contribution in [0.3, 0.4) is 0 Å². The summed E-state index contributed by atoms with van der Waals surface area (Å²) in [6.07, 6.45) is 3.47. The summed E-state index contributed by atoms with van der Waals surface area (Å²) in [5, 5.41) is 9.88. The number of rotatable bonds is 9. The standard InChI is InChI=1S/C10H19N5O2/c1-17-7-5-11-3-4-13-10(16)2-6-15-9-12-8-14-15/h8-9,11H,2-7H2,1H3,(H,13,16). The first-order chi connectivity index (χ1) is 8.33. The Morgan fingerprint density at radius 2 is 2.29 bits per heavy atom. The van der Waals surface area contributed by atoms with Gasteiger partial charge in [0.05, 0.1) is 13.2 Å². The van der Waals surface area contributed by atoms with E-state index in [1.807, 2.05) is 0 Å². The van der Waals surface area contributed by atoms with Crippen LogP contribution in [0.15, 0.2) is 12.7 Å². The number of methoxy groups -OCH3 is 1. The summed E-state index contributed by atoms with van der Waals surface area (Å²) in [6.45, 7) is 3.41. The fraction of sp³-hybridized carbons (Fsp3) is 0.700. The Labute approximate surface area is 101 Å². The van der Waals surface area contributed by atoms with Crippen molar-refractivity contribution in [2.24, 2.45) is 0 Å². The van der Waals surface area contributed by atoms with Crippen LogP contribution in [-0.4, -0.2) is 54.0 Å². The van der Waals surface area contributed by atoms with Gasteiger partial charge in [0.15, 0.2) is 0 Å². The molecule has 1 heterocycles. The quantitative estimate of drug-likeness (QED) is 0.543. The molecule has 0 saturated heterocycles. The van der Waals surface area contributed by atoms with Crippen LogP contribution in [0.2, 0.25) is 0 Å². The van der Waals surface area contributed by atoms with Crippen LogP contribution in [0.25, 0.3) is 0 Å². The summed E-state index contributed by atoms with van der Waals surface area (Å²) < 4.78 is 6.52. The van der Waals surface area contributed by atoms with Crippen LogP contribution in [0, 0.1) is 0 Å². The van der Waals surface area contributed by atoms with Crippen molar-refractivity contribution in [2.75, 3.05) is 33.4 Å².